The number of rotatable bonds is 8. The van der Waals surface area contributed by atoms with E-state index < -0.39 is 0 Å². The van der Waals surface area contributed by atoms with E-state index >= 15 is 0 Å². The first-order valence-corrected chi connectivity index (χ1v) is 12.2. The first-order chi connectivity index (χ1) is 14.8. The van der Waals surface area contributed by atoms with Crippen molar-refractivity contribution in [3.05, 3.63) is 35.9 Å². The average molecular weight is 428 g/mol. The number of esters is 1. The largest absolute Gasteiger partial charge is 0.490 e. The Hall–Kier alpha value is -1.81. The van der Waals surface area contributed by atoms with Crippen molar-refractivity contribution in [1.29, 1.82) is 0 Å². The molecule has 0 radical (unpaired) electrons. The molecular weight excluding hydrogens is 386 g/mol. The number of hydrogen-bond acceptors (Lipinski definition) is 4. The molecule has 1 aliphatic heterocycles. The predicted molar refractivity (Wildman–Crippen MR) is 127 cm³/mol. The number of nitrogens with zero attached hydrogens (tertiary/aromatic N) is 1. The Labute approximate surface area is 189 Å². The minimum atomic E-state index is -0.0831. The summed E-state index contributed by atoms with van der Waals surface area (Å²) in [5.41, 5.74) is 3.13. The van der Waals surface area contributed by atoms with Crippen LogP contribution in [0.5, 0.6) is 5.75 Å². The number of ether oxygens (including phenoxy) is 2. The number of benzene rings is 1. The van der Waals surface area contributed by atoms with Crippen LogP contribution >= 0.6 is 0 Å². The van der Waals surface area contributed by atoms with Gasteiger partial charge in [-0.15, -0.1) is 0 Å². The van der Waals surface area contributed by atoms with Crippen LogP contribution in [-0.4, -0.2) is 43.2 Å². The fourth-order valence-corrected chi connectivity index (χ4v) is 4.84. The Morgan fingerprint density at radius 3 is 2.39 bits per heavy atom. The van der Waals surface area contributed by atoms with Gasteiger partial charge in [-0.3, -0.25) is 9.69 Å². The average Bonchev–Trinajstić information content (AvgIpc) is 2.75. The molecule has 1 aromatic rings. The third kappa shape index (κ3) is 7.38. The van der Waals surface area contributed by atoms with Gasteiger partial charge >= 0.3 is 5.97 Å². The SMILES string of the molecule is CCOC(=O)CCCN1CC=C(c2ccc(O[C@H]3CC[C@H](C(C)(C)C)CC3)cc2)CC1. The van der Waals surface area contributed by atoms with E-state index in [0.717, 1.165) is 44.1 Å². The Bertz CT molecular complexity index is 724. The molecule has 4 nitrogen and oxygen atoms in total. The maximum absolute atomic E-state index is 11.5. The van der Waals surface area contributed by atoms with Gasteiger partial charge in [-0.1, -0.05) is 39.0 Å². The Kier molecular flexibility index (Phi) is 8.59. The van der Waals surface area contributed by atoms with Crippen LogP contribution in [-0.2, 0) is 9.53 Å². The maximum atomic E-state index is 11.5. The summed E-state index contributed by atoms with van der Waals surface area (Å²) < 4.78 is 11.3. The quantitative estimate of drug-likeness (QED) is 0.470. The van der Waals surface area contributed by atoms with Gasteiger partial charge < -0.3 is 9.47 Å². The van der Waals surface area contributed by atoms with Crippen LogP contribution in [0, 0.1) is 11.3 Å². The molecule has 0 unspecified atom stereocenters. The van der Waals surface area contributed by atoms with Crippen LogP contribution in [0.4, 0.5) is 0 Å². The van der Waals surface area contributed by atoms with E-state index in [1.54, 1.807) is 0 Å². The molecule has 0 aromatic heterocycles. The van der Waals surface area contributed by atoms with E-state index in [2.05, 4.69) is 56.0 Å². The van der Waals surface area contributed by atoms with Crippen LogP contribution in [0.3, 0.4) is 0 Å². The van der Waals surface area contributed by atoms with Crippen molar-refractivity contribution >= 4 is 11.5 Å². The van der Waals surface area contributed by atoms with Crippen molar-refractivity contribution in [3.63, 3.8) is 0 Å². The van der Waals surface area contributed by atoms with Gasteiger partial charge in [0.2, 0.25) is 0 Å². The summed E-state index contributed by atoms with van der Waals surface area (Å²) in [7, 11) is 0. The Morgan fingerprint density at radius 1 is 1.10 bits per heavy atom. The fourth-order valence-electron chi connectivity index (χ4n) is 4.84. The number of carbonyl (C=O) groups is 1. The lowest BCUT2D eigenvalue weighted by Crippen LogP contribution is -2.30. The van der Waals surface area contributed by atoms with Gasteiger partial charge in [0.05, 0.1) is 12.7 Å². The highest BCUT2D eigenvalue weighted by molar-refractivity contribution is 5.69. The van der Waals surface area contributed by atoms with Gasteiger partial charge in [0.1, 0.15) is 5.75 Å². The summed E-state index contributed by atoms with van der Waals surface area (Å²) in [5, 5.41) is 0. The van der Waals surface area contributed by atoms with Gasteiger partial charge in [0.15, 0.2) is 0 Å². The zero-order valence-electron chi connectivity index (χ0n) is 20.0. The van der Waals surface area contributed by atoms with Gasteiger partial charge in [0.25, 0.3) is 0 Å². The first-order valence-electron chi connectivity index (χ1n) is 12.2. The molecule has 1 heterocycles. The van der Waals surface area contributed by atoms with Crippen LogP contribution in [0.2, 0.25) is 0 Å². The molecule has 172 valence electrons. The molecule has 0 amide bonds. The van der Waals surface area contributed by atoms with E-state index in [1.165, 1.54) is 36.8 Å². The van der Waals surface area contributed by atoms with Gasteiger partial charge in [-0.25, -0.2) is 0 Å². The van der Waals surface area contributed by atoms with Crippen molar-refractivity contribution in [2.75, 3.05) is 26.2 Å². The lowest BCUT2D eigenvalue weighted by atomic mass is 9.72. The maximum Gasteiger partial charge on any atom is 0.305 e. The lowest BCUT2D eigenvalue weighted by Gasteiger charge is -2.37. The predicted octanol–water partition coefficient (Wildman–Crippen LogP) is 6.10. The van der Waals surface area contributed by atoms with Gasteiger partial charge in [-0.2, -0.15) is 0 Å². The monoisotopic (exact) mass is 427 g/mol. The highest BCUT2D eigenvalue weighted by atomic mass is 16.5. The second kappa shape index (κ2) is 11.2. The molecule has 0 atom stereocenters. The second-order valence-electron chi connectivity index (χ2n) is 10.2. The molecular formula is C27H41NO3. The Balaban J connectivity index is 1.42. The lowest BCUT2D eigenvalue weighted by molar-refractivity contribution is -0.143. The zero-order valence-corrected chi connectivity index (χ0v) is 20.0. The standard InChI is InChI=1S/C27H41NO3/c1-5-30-26(29)7-6-18-28-19-16-22(17-20-28)21-8-12-24(13-9-21)31-25-14-10-23(11-15-25)27(2,3)4/h8-9,12-13,16,23,25H,5-7,10-11,14-15,17-20H2,1-4H3/t23-,25-. The van der Waals surface area contributed by atoms with Crippen LogP contribution in [0.25, 0.3) is 5.57 Å². The van der Waals surface area contributed by atoms with Crippen molar-refractivity contribution in [3.8, 4) is 5.75 Å². The van der Waals surface area contributed by atoms with Crippen molar-refractivity contribution in [2.24, 2.45) is 11.3 Å². The highest BCUT2D eigenvalue weighted by Gasteiger charge is 2.30. The Morgan fingerprint density at radius 2 is 1.81 bits per heavy atom. The molecule has 31 heavy (non-hydrogen) atoms. The van der Waals surface area contributed by atoms with Crippen molar-refractivity contribution in [1.82, 2.24) is 4.90 Å². The van der Waals surface area contributed by atoms with E-state index in [-0.39, 0.29) is 5.97 Å². The normalized spacial score (nSPS) is 22.6. The molecule has 1 fully saturated rings. The van der Waals surface area contributed by atoms with Gasteiger partial charge in [0, 0.05) is 19.5 Å². The van der Waals surface area contributed by atoms with Crippen LogP contribution in [0.1, 0.15) is 78.2 Å². The highest BCUT2D eigenvalue weighted by Crippen LogP contribution is 2.38. The molecule has 0 saturated heterocycles. The van der Waals surface area contributed by atoms with Gasteiger partial charge in [-0.05, 0) is 86.6 Å². The smallest absolute Gasteiger partial charge is 0.305 e. The molecule has 3 rings (SSSR count). The molecule has 1 aromatic carbocycles. The van der Waals surface area contributed by atoms with E-state index in [0.29, 0.717) is 24.5 Å². The summed E-state index contributed by atoms with van der Waals surface area (Å²) in [6.45, 7) is 12.4. The summed E-state index contributed by atoms with van der Waals surface area (Å²) in [6.07, 6.45) is 10.0. The molecule has 2 aliphatic rings. The van der Waals surface area contributed by atoms with E-state index in [1.807, 2.05) is 6.92 Å². The molecule has 4 heteroatoms. The summed E-state index contributed by atoms with van der Waals surface area (Å²) >= 11 is 0. The summed E-state index contributed by atoms with van der Waals surface area (Å²) in [4.78, 5) is 13.9. The zero-order chi connectivity index (χ0) is 22.3. The van der Waals surface area contributed by atoms with Crippen molar-refractivity contribution < 1.29 is 14.3 Å². The third-order valence-corrected chi connectivity index (χ3v) is 6.88. The fraction of sp³-hybridized carbons (Fsp3) is 0.667. The molecule has 0 N–H and O–H groups in total. The summed E-state index contributed by atoms with van der Waals surface area (Å²) in [6, 6.07) is 8.69. The number of carbonyl (C=O) groups excluding carboxylic acids is 1. The van der Waals surface area contributed by atoms with Crippen molar-refractivity contribution in [2.45, 2.75) is 78.7 Å². The van der Waals surface area contributed by atoms with E-state index in [4.69, 9.17) is 9.47 Å². The molecule has 1 saturated carbocycles. The minimum absolute atomic E-state index is 0.0831. The van der Waals surface area contributed by atoms with E-state index in [9.17, 15) is 4.79 Å². The van der Waals surface area contributed by atoms with Crippen LogP contribution in [0.15, 0.2) is 30.3 Å². The first kappa shape index (κ1) is 23.8. The number of hydrogen-bond donors (Lipinski definition) is 0. The summed E-state index contributed by atoms with van der Waals surface area (Å²) in [5.74, 6) is 1.73. The molecule has 0 bridgehead atoms. The second-order valence-corrected chi connectivity index (χ2v) is 10.2. The third-order valence-electron chi connectivity index (χ3n) is 6.88. The minimum Gasteiger partial charge on any atom is -0.490 e. The molecule has 1 aliphatic carbocycles. The van der Waals surface area contributed by atoms with Crippen LogP contribution < -0.4 is 4.74 Å². The topological polar surface area (TPSA) is 38.8 Å². The molecule has 0 spiro atoms.